The van der Waals surface area contributed by atoms with Gasteiger partial charge in [0.05, 0.1) is 19.4 Å². The van der Waals surface area contributed by atoms with Crippen molar-refractivity contribution in [3.05, 3.63) is 114 Å². The number of nitrogens with zero attached hydrogens (tertiary/aromatic N) is 1. The first-order valence-electron chi connectivity index (χ1n) is 13.4. The van der Waals surface area contributed by atoms with Crippen molar-refractivity contribution in [1.82, 2.24) is 4.57 Å². The highest BCUT2D eigenvalue weighted by Crippen LogP contribution is 2.36. The molecule has 0 aliphatic heterocycles. The summed E-state index contributed by atoms with van der Waals surface area (Å²) in [6.07, 6.45) is 0. The van der Waals surface area contributed by atoms with Gasteiger partial charge in [-0.15, -0.1) is 0 Å². The molecule has 40 heavy (non-hydrogen) atoms. The fourth-order valence-electron chi connectivity index (χ4n) is 4.84. The number of methoxy groups -OCH3 is 1. The van der Waals surface area contributed by atoms with Crippen LogP contribution in [0.3, 0.4) is 0 Å². The Morgan fingerprint density at radius 1 is 0.775 bits per heavy atom. The van der Waals surface area contributed by atoms with Crippen LogP contribution in [0.4, 0.5) is 0 Å². The molecule has 204 valence electrons. The molecule has 4 aromatic carbocycles. The molecule has 0 aliphatic rings. The van der Waals surface area contributed by atoms with Crippen molar-refractivity contribution in [2.75, 3.05) is 20.3 Å². The van der Waals surface area contributed by atoms with E-state index in [9.17, 15) is 4.79 Å². The summed E-state index contributed by atoms with van der Waals surface area (Å²) >= 11 is 0. The minimum atomic E-state index is -0.378. The van der Waals surface area contributed by atoms with E-state index < -0.39 is 0 Å². The topological polar surface area (TPSA) is 58.9 Å². The maximum Gasteiger partial charge on any atom is 0.344 e. The predicted octanol–water partition coefficient (Wildman–Crippen LogP) is 7.19. The van der Waals surface area contributed by atoms with Gasteiger partial charge in [-0.25, -0.2) is 4.79 Å². The van der Waals surface area contributed by atoms with Gasteiger partial charge in [0.1, 0.15) is 23.9 Å². The molecule has 0 N–H and O–H groups in total. The van der Waals surface area contributed by atoms with Gasteiger partial charge in [-0.3, -0.25) is 0 Å². The van der Waals surface area contributed by atoms with Crippen molar-refractivity contribution < 1.29 is 23.7 Å². The minimum Gasteiger partial charge on any atom is -0.497 e. The van der Waals surface area contributed by atoms with E-state index >= 15 is 0 Å². The van der Waals surface area contributed by atoms with E-state index in [2.05, 4.69) is 47.9 Å². The Morgan fingerprint density at radius 3 is 2.17 bits per heavy atom. The van der Waals surface area contributed by atoms with E-state index in [1.54, 1.807) is 14.0 Å². The highest BCUT2D eigenvalue weighted by atomic mass is 16.6. The Balaban J connectivity index is 1.46. The van der Waals surface area contributed by atoms with Gasteiger partial charge >= 0.3 is 5.97 Å². The lowest BCUT2D eigenvalue weighted by Crippen LogP contribution is -2.14. The third kappa shape index (κ3) is 6.12. The number of benzene rings is 4. The van der Waals surface area contributed by atoms with Gasteiger partial charge in [0, 0.05) is 17.4 Å². The maximum absolute atomic E-state index is 11.6. The van der Waals surface area contributed by atoms with Crippen molar-refractivity contribution >= 4 is 16.9 Å². The molecule has 1 aromatic heterocycles. The number of carbonyl (C=O) groups excluding carboxylic acids is 1. The third-order valence-electron chi connectivity index (χ3n) is 6.83. The number of ether oxygens (including phenoxy) is 4. The van der Waals surface area contributed by atoms with Crippen LogP contribution in [0, 0.1) is 6.92 Å². The molecule has 0 radical (unpaired) electrons. The molecule has 0 bridgehead atoms. The molecular formula is C34H33NO5. The first-order chi connectivity index (χ1) is 19.6. The zero-order valence-electron chi connectivity index (χ0n) is 23.1. The molecule has 0 atom stereocenters. The van der Waals surface area contributed by atoms with Crippen molar-refractivity contribution in [1.29, 1.82) is 0 Å². The quantitative estimate of drug-likeness (QED) is 0.168. The Labute approximate surface area is 234 Å². The van der Waals surface area contributed by atoms with Crippen LogP contribution in [-0.4, -0.2) is 30.9 Å². The normalized spacial score (nSPS) is 10.9. The third-order valence-corrected chi connectivity index (χ3v) is 6.83. The molecule has 0 spiro atoms. The van der Waals surface area contributed by atoms with Crippen LogP contribution >= 0.6 is 0 Å². The number of esters is 1. The average Bonchev–Trinajstić information content (AvgIpc) is 3.26. The molecular weight excluding hydrogens is 502 g/mol. The summed E-state index contributed by atoms with van der Waals surface area (Å²) < 4.78 is 24.4. The highest BCUT2D eigenvalue weighted by molar-refractivity contribution is 5.92. The average molecular weight is 536 g/mol. The van der Waals surface area contributed by atoms with Crippen molar-refractivity contribution in [2.24, 2.45) is 0 Å². The number of hydrogen-bond acceptors (Lipinski definition) is 5. The van der Waals surface area contributed by atoms with E-state index in [1.165, 1.54) is 5.56 Å². The molecule has 0 saturated heterocycles. The maximum atomic E-state index is 11.6. The largest absolute Gasteiger partial charge is 0.497 e. The van der Waals surface area contributed by atoms with Gasteiger partial charge in [-0.2, -0.15) is 0 Å². The molecule has 1 heterocycles. The van der Waals surface area contributed by atoms with E-state index in [1.807, 2.05) is 60.7 Å². The lowest BCUT2D eigenvalue weighted by molar-refractivity contribution is -0.145. The van der Waals surface area contributed by atoms with Crippen molar-refractivity contribution in [2.45, 2.75) is 27.0 Å². The molecule has 5 aromatic rings. The molecule has 0 amide bonds. The van der Waals surface area contributed by atoms with E-state index in [0.29, 0.717) is 25.5 Å². The number of hydrogen-bond donors (Lipinski definition) is 0. The smallest absolute Gasteiger partial charge is 0.344 e. The van der Waals surface area contributed by atoms with Crippen LogP contribution in [-0.2, 0) is 22.7 Å². The summed E-state index contributed by atoms with van der Waals surface area (Å²) in [6, 6.07) is 32.4. The molecule has 5 rings (SSSR count). The van der Waals surface area contributed by atoms with Gasteiger partial charge < -0.3 is 23.5 Å². The van der Waals surface area contributed by atoms with E-state index in [4.69, 9.17) is 18.9 Å². The molecule has 0 unspecified atom stereocenters. The Hall–Kier alpha value is -4.71. The minimum absolute atomic E-state index is 0.106. The Bertz CT molecular complexity index is 1570. The van der Waals surface area contributed by atoms with Crippen molar-refractivity contribution in [3.8, 4) is 28.5 Å². The van der Waals surface area contributed by atoms with Crippen LogP contribution in [0.2, 0.25) is 0 Å². The fraction of sp³-hybridized carbons (Fsp3) is 0.206. The number of rotatable bonds is 11. The second-order valence-electron chi connectivity index (χ2n) is 9.48. The SMILES string of the molecule is CCOC(=O)COc1ccc(Cn2c(-c3ccc(OC)cc3)c(C)c3cc(OCc4ccccc4)ccc32)cc1. The number of aromatic nitrogens is 1. The lowest BCUT2D eigenvalue weighted by atomic mass is 10.1. The van der Waals surface area contributed by atoms with Gasteiger partial charge in [-0.1, -0.05) is 42.5 Å². The summed E-state index contributed by atoms with van der Waals surface area (Å²) in [4.78, 5) is 11.6. The number of aryl methyl sites for hydroxylation is 1. The molecule has 0 fully saturated rings. The summed E-state index contributed by atoms with van der Waals surface area (Å²) in [5.41, 5.74) is 6.79. The Kier molecular flexibility index (Phi) is 8.35. The summed E-state index contributed by atoms with van der Waals surface area (Å²) in [6.45, 7) is 5.34. The number of carbonyl (C=O) groups is 1. The van der Waals surface area contributed by atoms with E-state index in [0.717, 1.165) is 44.8 Å². The summed E-state index contributed by atoms with van der Waals surface area (Å²) in [7, 11) is 1.67. The monoisotopic (exact) mass is 535 g/mol. The van der Waals surface area contributed by atoms with Crippen LogP contribution in [0.25, 0.3) is 22.2 Å². The summed E-state index contributed by atoms with van der Waals surface area (Å²) in [5.74, 6) is 1.90. The van der Waals surface area contributed by atoms with Gasteiger partial charge in [0.15, 0.2) is 6.61 Å². The van der Waals surface area contributed by atoms with Crippen molar-refractivity contribution in [3.63, 3.8) is 0 Å². The number of fused-ring (bicyclic) bond motifs is 1. The van der Waals surface area contributed by atoms with Gasteiger partial charge in [-0.05, 0) is 90.7 Å². The first kappa shape index (κ1) is 26.9. The summed E-state index contributed by atoms with van der Waals surface area (Å²) in [5, 5.41) is 1.14. The molecule has 0 aliphatic carbocycles. The highest BCUT2D eigenvalue weighted by Gasteiger charge is 2.17. The van der Waals surface area contributed by atoms with Crippen LogP contribution in [0.1, 0.15) is 23.6 Å². The first-order valence-corrected chi connectivity index (χ1v) is 13.4. The van der Waals surface area contributed by atoms with Gasteiger partial charge in [0.25, 0.3) is 0 Å². The van der Waals surface area contributed by atoms with Crippen LogP contribution in [0.15, 0.2) is 97.1 Å². The Morgan fingerprint density at radius 2 is 1.48 bits per heavy atom. The van der Waals surface area contributed by atoms with Gasteiger partial charge in [0.2, 0.25) is 0 Å². The molecule has 6 nitrogen and oxygen atoms in total. The zero-order valence-corrected chi connectivity index (χ0v) is 23.1. The molecule has 6 heteroatoms. The van der Waals surface area contributed by atoms with E-state index in [-0.39, 0.29) is 12.6 Å². The van der Waals surface area contributed by atoms with Crippen LogP contribution in [0.5, 0.6) is 17.2 Å². The second-order valence-corrected chi connectivity index (χ2v) is 9.48. The standard InChI is InChI=1S/C34H33NO5/c1-4-38-33(36)23-40-29-14-10-25(11-15-29)21-35-32-19-18-30(39-22-26-8-6-5-7-9-26)20-31(32)24(2)34(35)27-12-16-28(37-3)17-13-27/h5-20H,4,21-23H2,1-3H3. The van der Waals surface area contributed by atoms with Crippen LogP contribution < -0.4 is 14.2 Å². The fourth-order valence-corrected chi connectivity index (χ4v) is 4.84. The zero-order chi connectivity index (χ0) is 27.9. The predicted molar refractivity (Wildman–Crippen MR) is 157 cm³/mol. The molecule has 0 saturated carbocycles. The second kappa shape index (κ2) is 12.4. The lowest BCUT2D eigenvalue weighted by Gasteiger charge is -2.14.